The van der Waals surface area contributed by atoms with Crippen molar-refractivity contribution < 1.29 is 4.21 Å². The maximum Gasteiger partial charge on any atom is 0.0872 e. The molecule has 1 atom stereocenters. The lowest BCUT2D eigenvalue weighted by Gasteiger charge is -2.01. The normalized spacial score (nSPS) is 15.0. The molecule has 4 heteroatoms. The Morgan fingerprint density at radius 2 is 2.08 bits per heavy atom. The summed E-state index contributed by atoms with van der Waals surface area (Å²) in [4.78, 5) is 0. The van der Waals surface area contributed by atoms with E-state index in [9.17, 15) is 4.21 Å². The molecule has 0 spiro atoms. The molecule has 0 aliphatic rings. The van der Waals surface area contributed by atoms with Gasteiger partial charge in [0.1, 0.15) is 0 Å². The summed E-state index contributed by atoms with van der Waals surface area (Å²) < 4.78 is 16.8. The van der Waals surface area contributed by atoms with Gasteiger partial charge in [-0.1, -0.05) is 19.1 Å². The number of nitrogens with zero attached hydrogens (tertiary/aromatic N) is 1. The van der Waals surface area contributed by atoms with Crippen LogP contribution in [-0.4, -0.2) is 16.2 Å². The molecule has 0 amide bonds. The molecule has 0 saturated carbocycles. The smallest absolute Gasteiger partial charge is 0.0872 e. The molecule has 0 aliphatic carbocycles. The number of halogens is 1. The highest BCUT2D eigenvalue weighted by molar-refractivity contribution is 9.10. The van der Waals surface area contributed by atoms with E-state index in [0.29, 0.717) is 5.75 Å². The van der Waals surface area contributed by atoms with E-state index in [1.807, 2.05) is 31.2 Å². The first-order valence-electron chi connectivity index (χ1n) is 3.99. The van der Waals surface area contributed by atoms with Gasteiger partial charge in [-0.05, 0) is 28.1 Å². The van der Waals surface area contributed by atoms with E-state index in [1.54, 1.807) is 6.26 Å². The molecule has 1 rings (SSSR count). The fraction of sp³-hybridized carbons (Fsp3) is 0.333. The Hall–Kier alpha value is -0.350. The highest BCUT2D eigenvalue weighted by Gasteiger charge is 2.00. The van der Waals surface area contributed by atoms with Crippen LogP contribution < -0.4 is 0 Å². The standard InChI is InChI=1S/C9H12BrNOS/c1-3-13(2,12)11-9-7-5-4-6-8(9)10/h4-7H,3H2,1-2H3. The average molecular weight is 262 g/mol. The van der Waals surface area contributed by atoms with Crippen molar-refractivity contribution in [2.45, 2.75) is 6.92 Å². The summed E-state index contributed by atoms with van der Waals surface area (Å²) in [6.45, 7) is 1.88. The third kappa shape index (κ3) is 3.12. The third-order valence-corrected chi connectivity index (χ3v) is 4.00. The number of hydrogen-bond acceptors (Lipinski definition) is 2. The van der Waals surface area contributed by atoms with Gasteiger partial charge in [-0.3, -0.25) is 0 Å². The summed E-state index contributed by atoms with van der Waals surface area (Å²) in [6, 6.07) is 7.54. The van der Waals surface area contributed by atoms with Crippen LogP contribution in [0.1, 0.15) is 6.92 Å². The van der Waals surface area contributed by atoms with Crippen LogP contribution in [0, 0.1) is 0 Å². The van der Waals surface area contributed by atoms with Crippen LogP contribution in [-0.2, 0) is 9.73 Å². The van der Waals surface area contributed by atoms with E-state index in [4.69, 9.17) is 0 Å². The minimum Gasteiger partial charge on any atom is -0.250 e. The fourth-order valence-corrected chi connectivity index (χ4v) is 1.99. The molecule has 1 unspecified atom stereocenters. The van der Waals surface area contributed by atoms with Crippen molar-refractivity contribution in [3.05, 3.63) is 28.7 Å². The molecule has 1 aromatic carbocycles. The molecule has 0 heterocycles. The zero-order valence-corrected chi connectivity index (χ0v) is 10.1. The van der Waals surface area contributed by atoms with Gasteiger partial charge in [0, 0.05) is 26.2 Å². The van der Waals surface area contributed by atoms with Crippen LogP contribution in [0.2, 0.25) is 0 Å². The molecule has 0 fully saturated rings. The Bertz CT molecular complexity index is 408. The van der Waals surface area contributed by atoms with Crippen LogP contribution in [0.25, 0.3) is 0 Å². The van der Waals surface area contributed by atoms with Crippen molar-refractivity contribution >= 4 is 31.3 Å². The zero-order valence-electron chi connectivity index (χ0n) is 7.66. The van der Waals surface area contributed by atoms with Crippen LogP contribution in [0.5, 0.6) is 0 Å². The minimum absolute atomic E-state index is 0.578. The minimum atomic E-state index is -2.05. The van der Waals surface area contributed by atoms with Gasteiger partial charge in [0.25, 0.3) is 0 Å². The predicted octanol–water partition coefficient (Wildman–Crippen LogP) is 3.20. The van der Waals surface area contributed by atoms with Crippen LogP contribution in [0.15, 0.2) is 33.1 Å². The van der Waals surface area contributed by atoms with E-state index >= 15 is 0 Å². The van der Waals surface area contributed by atoms with Crippen molar-refractivity contribution in [2.75, 3.05) is 12.0 Å². The lowest BCUT2D eigenvalue weighted by molar-refractivity contribution is 0.681. The molecule has 0 aliphatic heterocycles. The molecular formula is C9H12BrNOS. The first-order valence-corrected chi connectivity index (χ1v) is 6.88. The van der Waals surface area contributed by atoms with Gasteiger partial charge >= 0.3 is 0 Å². The highest BCUT2D eigenvalue weighted by atomic mass is 79.9. The van der Waals surface area contributed by atoms with Gasteiger partial charge in [0.05, 0.1) is 5.69 Å². The molecule has 0 bridgehead atoms. The van der Waals surface area contributed by atoms with Gasteiger partial charge < -0.3 is 0 Å². The van der Waals surface area contributed by atoms with Gasteiger partial charge in [0.2, 0.25) is 0 Å². The Kier molecular flexibility index (Phi) is 3.50. The van der Waals surface area contributed by atoms with Gasteiger partial charge in [-0.25, -0.2) is 4.21 Å². The van der Waals surface area contributed by atoms with Crippen LogP contribution in [0.3, 0.4) is 0 Å². The monoisotopic (exact) mass is 261 g/mol. The topological polar surface area (TPSA) is 29.4 Å². The second-order valence-electron chi connectivity index (χ2n) is 2.79. The first-order chi connectivity index (χ1) is 6.05. The Balaban J connectivity index is 3.19. The van der Waals surface area contributed by atoms with Crippen molar-refractivity contribution in [3.8, 4) is 0 Å². The lowest BCUT2D eigenvalue weighted by Crippen LogP contribution is -1.97. The fourth-order valence-electron chi connectivity index (χ4n) is 0.798. The van der Waals surface area contributed by atoms with E-state index in [2.05, 4.69) is 20.3 Å². The molecule has 2 nitrogen and oxygen atoms in total. The first kappa shape index (κ1) is 10.7. The quantitative estimate of drug-likeness (QED) is 0.804. The Morgan fingerprint density at radius 3 is 2.62 bits per heavy atom. The summed E-state index contributed by atoms with van der Waals surface area (Å²) in [7, 11) is -2.05. The lowest BCUT2D eigenvalue weighted by atomic mass is 10.3. The maximum absolute atomic E-state index is 11.7. The second kappa shape index (κ2) is 4.24. The van der Waals surface area contributed by atoms with Gasteiger partial charge in [0.15, 0.2) is 0 Å². The van der Waals surface area contributed by atoms with Crippen molar-refractivity contribution in [3.63, 3.8) is 0 Å². The van der Waals surface area contributed by atoms with E-state index in [1.165, 1.54) is 0 Å². The molecule has 0 saturated heterocycles. The largest absolute Gasteiger partial charge is 0.250 e. The molecule has 0 radical (unpaired) electrons. The van der Waals surface area contributed by atoms with Crippen molar-refractivity contribution in [1.82, 2.24) is 0 Å². The highest BCUT2D eigenvalue weighted by Crippen LogP contribution is 2.25. The number of hydrogen-bond donors (Lipinski definition) is 0. The molecule has 1 aromatic rings. The van der Waals surface area contributed by atoms with Crippen molar-refractivity contribution in [2.24, 2.45) is 4.36 Å². The summed E-state index contributed by atoms with van der Waals surface area (Å²) in [5, 5.41) is 0. The summed E-state index contributed by atoms with van der Waals surface area (Å²) in [5.41, 5.74) is 0.761. The predicted molar refractivity (Wildman–Crippen MR) is 60.8 cm³/mol. The van der Waals surface area contributed by atoms with E-state index < -0.39 is 9.73 Å². The molecule has 13 heavy (non-hydrogen) atoms. The second-order valence-corrected chi connectivity index (χ2v) is 6.32. The molecule has 72 valence electrons. The summed E-state index contributed by atoms with van der Waals surface area (Å²) in [5.74, 6) is 0.578. The number of rotatable bonds is 2. The van der Waals surface area contributed by atoms with E-state index in [0.717, 1.165) is 10.2 Å². The maximum atomic E-state index is 11.7. The Morgan fingerprint density at radius 1 is 1.46 bits per heavy atom. The Labute approximate surface area is 87.7 Å². The average Bonchev–Trinajstić information content (AvgIpc) is 2.09. The van der Waals surface area contributed by atoms with Gasteiger partial charge in [-0.2, -0.15) is 4.36 Å². The summed E-state index contributed by atoms with van der Waals surface area (Å²) in [6.07, 6.45) is 1.67. The van der Waals surface area contributed by atoms with Crippen LogP contribution in [0.4, 0.5) is 5.69 Å². The van der Waals surface area contributed by atoms with Gasteiger partial charge in [-0.15, -0.1) is 0 Å². The molecule has 0 aromatic heterocycles. The molecular weight excluding hydrogens is 250 g/mol. The third-order valence-electron chi connectivity index (χ3n) is 1.68. The summed E-state index contributed by atoms with van der Waals surface area (Å²) >= 11 is 3.36. The molecule has 0 N–H and O–H groups in total. The van der Waals surface area contributed by atoms with Crippen LogP contribution >= 0.6 is 15.9 Å². The van der Waals surface area contributed by atoms with Crippen molar-refractivity contribution in [1.29, 1.82) is 0 Å². The van der Waals surface area contributed by atoms with E-state index in [-0.39, 0.29) is 0 Å². The zero-order chi connectivity index (χ0) is 9.90. The number of benzene rings is 1. The SMILES string of the molecule is CCS(C)(=O)=Nc1ccccc1Br.